The first-order valence-corrected chi connectivity index (χ1v) is 19.3. The lowest BCUT2D eigenvalue weighted by Gasteiger charge is -2.27. The van der Waals surface area contributed by atoms with E-state index in [9.17, 15) is 14.7 Å². The van der Waals surface area contributed by atoms with Crippen LogP contribution in [0.5, 0.6) is 0 Å². The van der Waals surface area contributed by atoms with Crippen molar-refractivity contribution in [2.24, 2.45) is 5.92 Å². The van der Waals surface area contributed by atoms with Crippen molar-refractivity contribution >= 4 is 51.8 Å². The fourth-order valence-corrected chi connectivity index (χ4v) is 6.26. The van der Waals surface area contributed by atoms with Crippen molar-refractivity contribution in [2.45, 2.75) is 99.5 Å². The van der Waals surface area contributed by atoms with Gasteiger partial charge in [-0.1, -0.05) is 78.9 Å². The van der Waals surface area contributed by atoms with E-state index >= 15 is 0 Å². The van der Waals surface area contributed by atoms with Crippen molar-refractivity contribution in [3.05, 3.63) is 76.2 Å². The van der Waals surface area contributed by atoms with Crippen LogP contribution in [0.15, 0.2) is 63.9 Å². The molecule has 7 rings (SSSR count). The maximum atomic E-state index is 13.1. The van der Waals surface area contributed by atoms with Crippen LogP contribution in [0.1, 0.15) is 109 Å². The second-order valence-corrected chi connectivity index (χ2v) is 14.1. The van der Waals surface area contributed by atoms with Gasteiger partial charge in [0.15, 0.2) is 11.3 Å². The minimum atomic E-state index is -1.07. The number of aromatic carboxylic acids is 1. The van der Waals surface area contributed by atoms with Crippen LogP contribution in [0.3, 0.4) is 0 Å². The predicted octanol–water partition coefficient (Wildman–Crippen LogP) is 9.97. The number of benzene rings is 2. The number of carboxylic acids is 1. The first-order valence-electron chi connectivity index (χ1n) is 19.3. The third-order valence-electron chi connectivity index (χ3n) is 9.59. The lowest BCUT2D eigenvalue weighted by Crippen LogP contribution is -2.36. The van der Waals surface area contributed by atoms with E-state index in [1.165, 1.54) is 45.1 Å². The molecule has 0 amide bonds. The van der Waals surface area contributed by atoms with Gasteiger partial charge in [-0.15, -0.1) is 0 Å². The number of hydrogen-bond acceptors (Lipinski definition) is 9. The van der Waals surface area contributed by atoms with Crippen LogP contribution in [0, 0.1) is 12.8 Å². The van der Waals surface area contributed by atoms with Crippen LogP contribution in [-0.2, 0) is 9.53 Å². The first kappa shape index (κ1) is 41.7. The Bertz CT molecular complexity index is 2040. The summed E-state index contributed by atoms with van der Waals surface area (Å²) in [5.41, 5.74) is 4.10. The average molecular weight is 740 g/mol. The Morgan fingerprint density at radius 3 is 2.31 bits per heavy atom. The number of carboxylic acid groups (broad SMARTS) is 1. The summed E-state index contributed by atoms with van der Waals surface area (Å²) in [4.78, 5) is 45.5. The lowest BCUT2D eigenvalue weighted by molar-refractivity contribution is -0.106. The highest BCUT2D eigenvalue weighted by Crippen LogP contribution is 2.36. The number of anilines is 3. The second kappa shape index (κ2) is 20.4. The van der Waals surface area contributed by atoms with Crippen LogP contribution >= 0.6 is 0 Å². The lowest BCUT2D eigenvalue weighted by atomic mass is 9.99. The fraction of sp³-hybridized carbons (Fsp3) is 0.465. The Morgan fingerprint density at radius 1 is 1.04 bits per heavy atom. The predicted molar refractivity (Wildman–Crippen MR) is 218 cm³/mol. The van der Waals surface area contributed by atoms with Crippen LogP contribution in [0.25, 0.3) is 33.1 Å². The molecule has 1 saturated carbocycles. The van der Waals surface area contributed by atoms with E-state index in [2.05, 4.69) is 62.5 Å². The molecule has 0 radical (unpaired) electrons. The van der Waals surface area contributed by atoms with Gasteiger partial charge in [-0.25, -0.2) is 9.78 Å². The Balaban J connectivity index is 0.000000477. The summed E-state index contributed by atoms with van der Waals surface area (Å²) in [6.07, 6.45) is 11.2. The van der Waals surface area contributed by atoms with E-state index < -0.39 is 5.97 Å². The van der Waals surface area contributed by atoms with Gasteiger partial charge >= 0.3 is 5.97 Å². The third-order valence-corrected chi connectivity index (χ3v) is 9.59. The summed E-state index contributed by atoms with van der Waals surface area (Å²) < 4.78 is 14.1. The van der Waals surface area contributed by atoms with Gasteiger partial charge in [0.05, 0.1) is 24.2 Å². The maximum Gasteiger partial charge on any atom is 0.335 e. The number of nitrogens with one attached hydrogen (secondary N) is 1. The van der Waals surface area contributed by atoms with Gasteiger partial charge in [0, 0.05) is 53.7 Å². The molecule has 0 unspecified atom stereocenters. The topological polar surface area (TPSA) is 140 Å². The number of para-hydroxylation sites is 1. The molecule has 5 aromatic rings. The molecule has 290 valence electrons. The van der Waals surface area contributed by atoms with Crippen LogP contribution < -0.4 is 15.6 Å². The highest BCUT2D eigenvalue weighted by molar-refractivity contribution is 5.97. The molecule has 11 nitrogen and oxygen atoms in total. The quantitative estimate of drug-likeness (QED) is 0.148. The smallest absolute Gasteiger partial charge is 0.335 e. The van der Waals surface area contributed by atoms with Gasteiger partial charge < -0.3 is 33.8 Å². The van der Waals surface area contributed by atoms with E-state index in [-0.39, 0.29) is 11.0 Å². The number of carbonyl (C=O) groups is 2. The summed E-state index contributed by atoms with van der Waals surface area (Å²) in [5.74, 6) is 0.665. The molecule has 2 aromatic carbocycles. The van der Waals surface area contributed by atoms with Crippen molar-refractivity contribution in [3.8, 4) is 11.1 Å². The first-order chi connectivity index (χ1) is 26.0. The Morgan fingerprint density at radius 2 is 1.70 bits per heavy atom. The monoisotopic (exact) mass is 739 g/mol. The van der Waals surface area contributed by atoms with Crippen molar-refractivity contribution < 1.29 is 23.8 Å². The van der Waals surface area contributed by atoms with Gasteiger partial charge in [0.1, 0.15) is 17.5 Å². The SMILES string of the molecule is CC=O.CCC(C)C.CCCC.Cc1cc2cnc(Nc3cc(C(=O)O)cc(-c4cccc5c(=O)cc(N6CCOCC6)oc45)c3)nc2n1C1CCCC1. The van der Waals surface area contributed by atoms with Gasteiger partial charge in [-0.05, 0) is 68.5 Å². The molecule has 1 aliphatic carbocycles. The fourth-order valence-electron chi connectivity index (χ4n) is 6.26. The highest BCUT2D eigenvalue weighted by atomic mass is 16.5. The van der Waals surface area contributed by atoms with Gasteiger partial charge in [0.2, 0.25) is 5.95 Å². The maximum absolute atomic E-state index is 13.1. The van der Waals surface area contributed by atoms with E-state index in [0.717, 1.165) is 41.8 Å². The third kappa shape index (κ3) is 10.8. The zero-order valence-corrected chi connectivity index (χ0v) is 33.0. The van der Waals surface area contributed by atoms with Gasteiger partial charge in [-0.2, -0.15) is 4.98 Å². The zero-order chi connectivity index (χ0) is 39.2. The number of morpholine rings is 1. The summed E-state index contributed by atoms with van der Waals surface area (Å²) in [7, 11) is 0. The molecule has 2 aliphatic rings. The molecule has 3 aromatic heterocycles. The standard InChI is InChI=1S/C32H31N5O5.C5H12.C4H10.C2H4O/c1-19-13-22-18-33-32(35-30(22)37(19)24-5-2-3-6-24)34-23-15-20(14-21(16-23)31(39)40)25-7-4-8-26-27(38)17-28(42-29(25)26)36-9-11-41-12-10-36;1-4-5(2)3;1-3-4-2;1-2-3/h4,7-8,13-18,24H,2-3,5-6,9-12H2,1H3,(H,39,40)(H,33,34,35);5H,4H2,1-3H3;3-4H2,1-2H3;2H,1H3. The molecule has 4 heterocycles. The molecule has 0 atom stereocenters. The Kier molecular flexibility index (Phi) is 15.8. The number of ether oxygens (including phenoxy) is 1. The number of fused-ring (bicyclic) bond motifs is 2. The molecule has 2 fully saturated rings. The van der Waals surface area contributed by atoms with Crippen molar-refractivity contribution in [2.75, 3.05) is 36.5 Å². The number of aryl methyl sites for hydroxylation is 1. The van der Waals surface area contributed by atoms with Crippen molar-refractivity contribution in [1.82, 2.24) is 14.5 Å². The largest absolute Gasteiger partial charge is 0.478 e. The molecule has 1 saturated heterocycles. The minimum Gasteiger partial charge on any atom is -0.478 e. The Labute approximate surface area is 318 Å². The number of carbonyl (C=O) groups excluding carboxylic acids is 1. The molecule has 54 heavy (non-hydrogen) atoms. The van der Waals surface area contributed by atoms with E-state index in [4.69, 9.17) is 18.9 Å². The molecule has 0 bridgehead atoms. The van der Waals surface area contributed by atoms with E-state index in [1.54, 1.807) is 30.5 Å². The number of aromatic nitrogens is 3. The number of nitrogens with zero attached hydrogens (tertiary/aromatic N) is 4. The average Bonchev–Trinajstić information content (AvgIpc) is 3.82. The summed E-state index contributed by atoms with van der Waals surface area (Å²) in [6.45, 7) is 16.9. The van der Waals surface area contributed by atoms with Crippen LogP contribution in [-0.4, -0.2) is 58.2 Å². The van der Waals surface area contributed by atoms with Gasteiger partial charge in [-0.3, -0.25) is 4.79 Å². The van der Waals surface area contributed by atoms with Crippen LogP contribution in [0.4, 0.5) is 17.5 Å². The van der Waals surface area contributed by atoms with E-state index in [0.29, 0.717) is 72.0 Å². The summed E-state index contributed by atoms with van der Waals surface area (Å²) in [5, 5.41) is 14.6. The number of unbranched alkanes of at least 4 members (excludes halogenated alkanes) is 1. The summed E-state index contributed by atoms with van der Waals surface area (Å²) in [6, 6.07) is 14.4. The molecule has 1 aliphatic heterocycles. The summed E-state index contributed by atoms with van der Waals surface area (Å²) >= 11 is 0. The Hall–Kier alpha value is -5.03. The normalized spacial score (nSPS) is 14.1. The highest BCUT2D eigenvalue weighted by Gasteiger charge is 2.22. The molecule has 0 spiro atoms. The second-order valence-electron chi connectivity index (χ2n) is 14.1. The number of rotatable bonds is 8. The van der Waals surface area contributed by atoms with Crippen molar-refractivity contribution in [3.63, 3.8) is 0 Å². The molecular weight excluding hydrogens is 683 g/mol. The zero-order valence-electron chi connectivity index (χ0n) is 33.0. The number of hydrogen-bond donors (Lipinski definition) is 2. The molecular formula is C43H57N5O6. The molecule has 11 heteroatoms. The van der Waals surface area contributed by atoms with Crippen molar-refractivity contribution in [1.29, 1.82) is 0 Å². The number of aldehydes is 1. The molecule has 2 N–H and O–H groups in total. The van der Waals surface area contributed by atoms with Gasteiger partial charge in [0.25, 0.3) is 0 Å². The minimum absolute atomic E-state index is 0.0879. The van der Waals surface area contributed by atoms with Crippen LogP contribution in [0.2, 0.25) is 0 Å². The van der Waals surface area contributed by atoms with E-state index in [1.807, 2.05) is 17.0 Å².